The molecule has 24 heavy (non-hydrogen) atoms. The Hall–Kier alpha value is -3.08. The zero-order chi connectivity index (χ0) is 16.8. The van der Waals surface area contributed by atoms with Crippen LogP contribution >= 0.6 is 0 Å². The van der Waals surface area contributed by atoms with Crippen LogP contribution in [0, 0.1) is 0 Å². The fraction of sp³-hybridized carbons (Fsp3) is 0.158. The molecule has 1 aromatic heterocycles. The first kappa shape index (κ1) is 15.8. The molecule has 3 rings (SSSR count). The van der Waals surface area contributed by atoms with E-state index in [9.17, 15) is 9.90 Å². The van der Waals surface area contributed by atoms with E-state index < -0.39 is 12.0 Å². The summed E-state index contributed by atoms with van der Waals surface area (Å²) in [6.45, 7) is 0.507. The minimum Gasteiger partial charge on any atom is -0.489 e. The molecule has 0 radical (unpaired) electrons. The number of rotatable bonds is 7. The number of imidazole rings is 1. The Morgan fingerprint density at radius 1 is 1.08 bits per heavy atom. The molecule has 0 bridgehead atoms. The quantitative estimate of drug-likeness (QED) is 0.724. The molecule has 122 valence electrons. The number of ether oxygens (including phenoxy) is 1. The minimum absolute atomic E-state index is 0.394. The van der Waals surface area contributed by atoms with E-state index >= 15 is 0 Å². The molecule has 1 atom stereocenters. The van der Waals surface area contributed by atoms with Gasteiger partial charge in [-0.1, -0.05) is 42.5 Å². The first-order valence-corrected chi connectivity index (χ1v) is 7.68. The third-order valence-electron chi connectivity index (χ3n) is 3.77. The summed E-state index contributed by atoms with van der Waals surface area (Å²) in [5.74, 6) is -0.116. The highest BCUT2D eigenvalue weighted by molar-refractivity contribution is 5.72. The second kappa shape index (κ2) is 7.46. The van der Waals surface area contributed by atoms with E-state index in [0.29, 0.717) is 13.0 Å². The molecule has 0 saturated heterocycles. The molecule has 0 aliphatic heterocycles. The number of hydrogen-bond donors (Lipinski definition) is 1. The lowest BCUT2D eigenvalue weighted by molar-refractivity contribution is -0.140. The summed E-state index contributed by atoms with van der Waals surface area (Å²) in [6.07, 6.45) is 5.16. The average Bonchev–Trinajstić information content (AvgIpc) is 3.14. The molecule has 1 heterocycles. The van der Waals surface area contributed by atoms with Gasteiger partial charge in [-0.3, -0.25) is 0 Å². The van der Waals surface area contributed by atoms with Crippen LogP contribution in [0.5, 0.6) is 5.75 Å². The number of carbonyl (C=O) groups is 1. The molecule has 5 nitrogen and oxygen atoms in total. The Morgan fingerprint density at radius 3 is 2.46 bits per heavy atom. The maximum atomic E-state index is 11.5. The van der Waals surface area contributed by atoms with Crippen LogP contribution in [0.25, 0.3) is 0 Å². The van der Waals surface area contributed by atoms with Crippen molar-refractivity contribution < 1.29 is 14.6 Å². The van der Waals surface area contributed by atoms with Gasteiger partial charge in [0.15, 0.2) is 0 Å². The standard InChI is InChI=1S/C19H18N2O3/c22-19(23)18(21-11-10-20-14-21)12-15-6-8-17(9-7-15)24-13-16-4-2-1-3-5-16/h1-11,14,18H,12-13H2,(H,22,23). The second-order valence-corrected chi connectivity index (χ2v) is 5.49. The first-order valence-electron chi connectivity index (χ1n) is 7.68. The number of nitrogens with zero attached hydrogens (tertiary/aromatic N) is 2. The second-order valence-electron chi connectivity index (χ2n) is 5.49. The summed E-state index contributed by atoms with van der Waals surface area (Å²) < 4.78 is 7.34. The lowest BCUT2D eigenvalue weighted by Gasteiger charge is -2.14. The molecular formula is C19H18N2O3. The topological polar surface area (TPSA) is 64.3 Å². The van der Waals surface area contributed by atoms with Crippen molar-refractivity contribution in [3.05, 3.63) is 84.4 Å². The smallest absolute Gasteiger partial charge is 0.327 e. The van der Waals surface area contributed by atoms with Gasteiger partial charge in [-0.05, 0) is 23.3 Å². The first-order chi connectivity index (χ1) is 11.7. The summed E-state index contributed by atoms with van der Waals surface area (Å²) in [6, 6.07) is 16.8. The molecule has 1 N–H and O–H groups in total. The number of carboxylic acids is 1. The van der Waals surface area contributed by atoms with Crippen molar-refractivity contribution in [3.8, 4) is 5.75 Å². The van der Waals surface area contributed by atoms with E-state index in [1.807, 2.05) is 54.6 Å². The molecular weight excluding hydrogens is 304 g/mol. The summed E-state index contributed by atoms with van der Waals surface area (Å²) in [7, 11) is 0. The fourth-order valence-corrected chi connectivity index (χ4v) is 2.46. The van der Waals surface area contributed by atoms with Crippen LogP contribution in [0.3, 0.4) is 0 Å². The predicted molar refractivity (Wildman–Crippen MR) is 89.8 cm³/mol. The van der Waals surface area contributed by atoms with Crippen LogP contribution in [0.15, 0.2) is 73.3 Å². The fourth-order valence-electron chi connectivity index (χ4n) is 2.46. The number of carboxylic acid groups (broad SMARTS) is 1. The summed E-state index contributed by atoms with van der Waals surface area (Å²) in [5, 5.41) is 9.40. The van der Waals surface area contributed by atoms with Gasteiger partial charge in [0.2, 0.25) is 0 Å². The van der Waals surface area contributed by atoms with Crippen LogP contribution in [0.1, 0.15) is 17.2 Å². The highest BCUT2D eigenvalue weighted by Crippen LogP contribution is 2.19. The highest BCUT2D eigenvalue weighted by Gasteiger charge is 2.19. The summed E-state index contributed by atoms with van der Waals surface area (Å²) >= 11 is 0. The van der Waals surface area contributed by atoms with E-state index in [2.05, 4.69) is 4.98 Å². The van der Waals surface area contributed by atoms with E-state index in [0.717, 1.165) is 16.9 Å². The van der Waals surface area contributed by atoms with Gasteiger partial charge in [0.1, 0.15) is 18.4 Å². The molecule has 5 heteroatoms. The van der Waals surface area contributed by atoms with Gasteiger partial charge in [-0.2, -0.15) is 0 Å². The Balaban J connectivity index is 1.62. The van der Waals surface area contributed by atoms with E-state index in [1.54, 1.807) is 17.0 Å². The molecule has 0 amide bonds. The summed E-state index contributed by atoms with van der Waals surface area (Å²) in [4.78, 5) is 15.4. The number of aliphatic carboxylic acids is 1. The van der Waals surface area contributed by atoms with Crippen LogP contribution in [-0.2, 0) is 17.8 Å². The average molecular weight is 322 g/mol. The van der Waals surface area contributed by atoms with Crippen molar-refractivity contribution in [1.82, 2.24) is 9.55 Å². The number of hydrogen-bond acceptors (Lipinski definition) is 3. The zero-order valence-electron chi connectivity index (χ0n) is 13.1. The maximum Gasteiger partial charge on any atom is 0.327 e. The van der Waals surface area contributed by atoms with Gasteiger partial charge in [-0.25, -0.2) is 9.78 Å². The van der Waals surface area contributed by atoms with Gasteiger partial charge < -0.3 is 14.4 Å². The van der Waals surface area contributed by atoms with Crippen molar-refractivity contribution >= 4 is 5.97 Å². The molecule has 0 saturated carbocycles. The third kappa shape index (κ3) is 4.01. The van der Waals surface area contributed by atoms with Crippen molar-refractivity contribution in [3.63, 3.8) is 0 Å². The SMILES string of the molecule is O=C(O)C(Cc1ccc(OCc2ccccc2)cc1)n1ccnc1. The monoisotopic (exact) mass is 322 g/mol. The maximum absolute atomic E-state index is 11.5. The van der Waals surface area contributed by atoms with E-state index in [4.69, 9.17) is 4.74 Å². The van der Waals surface area contributed by atoms with Crippen molar-refractivity contribution in [2.24, 2.45) is 0 Å². The Morgan fingerprint density at radius 2 is 1.83 bits per heavy atom. The van der Waals surface area contributed by atoms with Crippen LogP contribution < -0.4 is 4.74 Å². The van der Waals surface area contributed by atoms with Crippen molar-refractivity contribution in [1.29, 1.82) is 0 Å². The molecule has 2 aromatic carbocycles. The van der Waals surface area contributed by atoms with Gasteiger partial charge in [0.25, 0.3) is 0 Å². The Kier molecular flexibility index (Phi) is 4.91. The van der Waals surface area contributed by atoms with Crippen molar-refractivity contribution in [2.45, 2.75) is 19.1 Å². The Labute approximate surface area is 140 Å². The van der Waals surface area contributed by atoms with Gasteiger partial charge >= 0.3 is 5.97 Å². The summed E-state index contributed by atoms with van der Waals surface area (Å²) in [5.41, 5.74) is 2.04. The lowest BCUT2D eigenvalue weighted by atomic mass is 10.1. The molecule has 0 spiro atoms. The number of aromatic nitrogens is 2. The van der Waals surface area contributed by atoms with Gasteiger partial charge in [0, 0.05) is 18.8 Å². The lowest BCUT2D eigenvalue weighted by Crippen LogP contribution is -2.20. The van der Waals surface area contributed by atoms with Crippen molar-refractivity contribution in [2.75, 3.05) is 0 Å². The molecule has 0 aliphatic carbocycles. The molecule has 1 unspecified atom stereocenters. The third-order valence-corrected chi connectivity index (χ3v) is 3.77. The molecule has 3 aromatic rings. The largest absolute Gasteiger partial charge is 0.489 e. The van der Waals surface area contributed by atoms with Crippen LogP contribution in [0.4, 0.5) is 0 Å². The van der Waals surface area contributed by atoms with Crippen LogP contribution in [-0.4, -0.2) is 20.6 Å². The molecule has 0 fully saturated rings. The van der Waals surface area contributed by atoms with Crippen LogP contribution in [0.2, 0.25) is 0 Å². The predicted octanol–water partition coefficient (Wildman–Crippen LogP) is 3.33. The van der Waals surface area contributed by atoms with E-state index in [1.165, 1.54) is 6.33 Å². The Bertz CT molecular complexity index is 768. The van der Waals surface area contributed by atoms with Gasteiger partial charge in [-0.15, -0.1) is 0 Å². The highest BCUT2D eigenvalue weighted by atomic mass is 16.5. The number of benzene rings is 2. The van der Waals surface area contributed by atoms with Gasteiger partial charge in [0.05, 0.1) is 6.33 Å². The zero-order valence-corrected chi connectivity index (χ0v) is 13.1. The molecule has 0 aliphatic rings. The van der Waals surface area contributed by atoms with E-state index in [-0.39, 0.29) is 0 Å². The minimum atomic E-state index is -0.877. The normalized spacial score (nSPS) is 11.8.